The average molecular weight is 508 g/mol. The van der Waals surface area contributed by atoms with E-state index >= 15 is 0 Å². The predicted molar refractivity (Wildman–Crippen MR) is 167 cm³/mol. The van der Waals surface area contributed by atoms with Crippen molar-refractivity contribution >= 4 is 0 Å². The van der Waals surface area contributed by atoms with Crippen LogP contribution in [0.5, 0.6) is 0 Å². The second-order valence-electron chi connectivity index (χ2n) is 12.2. The normalized spacial score (nSPS) is 12.4. The minimum Gasteiger partial charge on any atom is -0.314 e. The number of hydrogen-bond donors (Lipinski definition) is 1. The lowest BCUT2D eigenvalue weighted by Crippen LogP contribution is -2.26. The Morgan fingerprint density at radius 1 is 0.333 bits per heavy atom. The Labute approximate surface area is 231 Å². The summed E-state index contributed by atoms with van der Waals surface area (Å²) in [4.78, 5) is 0. The van der Waals surface area contributed by atoms with Gasteiger partial charge in [0.05, 0.1) is 0 Å². The van der Waals surface area contributed by atoms with Gasteiger partial charge in [-0.05, 0) is 26.3 Å². The third-order valence-corrected chi connectivity index (χ3v) is 8.26. The molecule has 0 spiro atoms. The van der Waals surface area contributed by atoms with E-state index in [2.05, 4.69) is 26.1 Å². The van der Waals surface area contributed by atoms with Gasteiger partial charge < -0.3 is 5.32 Å². The third-order valence-electron chi connectivity index (χ3n) is 8.26. The minimum atomic E-state index is 0.717. The van der Waals surface area contributed by atoms with E-state index < -0.39 is 0 Å². The maximum absolute atomic E-state index is 3.78. The van der Waals surface area contributed by atoms with Crippen LogP contribution in [0.15, 0.2) is 0 Å². The van der Waals surface area contributed by atoms with Crippen molar-refractivity contribution in [3.8, 4) is 0 Å². The molecule has 0 aliphatic carbocycles. The summed E-state index contributed by atoms with van der Waals surface area (Å²) >= 11 is 0. The van der Waals surface area contributed by atoms with Crippen molar-refractivity contribution in [2.45, 2.75) is 219 Å². The quantitative estimate of drug-likeness (QED) is 0.0892. The van der Waals surface area contributed by atoms with Crippen molar-refractivity contribution in [3.05, 3.63) is 0 Å². The smallest absolute Gasteiger partial charge is 0.00387 e. The van der Waals surface area contributed by atoms with Gasteiger partial charge in [-0.25, -0.2) is 0 Å². The molecule has 0 rings (SSSR count). The monoisotopic (exact) mass is 508 g/mol. The summed E-state index contributed by atoms with van der Waals surface area (Å²) in [5.74, 6) is 0. The molecule has 0 bridgehead atoms. The Hall–Kier alpha value is -0.0400. The zero-order valence-corrected chi connectivity index (χ0v) is 26.0. The summed E-state index contributed by atoms with van der Waals surface area (Å²) in [6.45, 7) is 8.24. The molecule has 0 radical (unpaired) electrons. The van der Waals surface area contributed by atoms with Gasteiger partial charge >= 0.3 is 0 Å². The zero-order chi connectivity index (χ0) is 26.2. The van der Waals surface area contributed by atoms with E-state index in [-0.39, 0.29) is 0 Å². The molecule has 1 heteroatoms. The van der Waals surface area contributed by atoms with Gasteiger partial charge in [0.25, 0.3) is 0 Å². The molecule has 0 aliphatic rings. The Morgan fingerprint density at radius 3 is 0.889 bits per heavy atom. The highest BCUT2D eigenvalue weighted by Gasteiger charge is 2.01. The fourth-order valence-electron chi connectivity index (χ4n) is 5.59. The van der Waals surface area contributed by atoms with Crippen LogP contribution in [0.4, 0.5) is 0 Å². The molecule has 0 aromatic carbocycles. The maximum atomic E-state index is 3.78. The Balaban J connectivity index is 3.13. The van der Waals surface area contributed by atoms with Crippen LogP contribution in [-0.4, -0.2) is 12.6 Å². The van der Waals surface area contributed by atoms with Crippen molar-refractivity contribution in [1.82, 2.24) is 5.32 Å². The van der Waals surface area contributed by atoms with Crippen LogP contribution in [0.3, 0.4) is 0 Å². The fourth-order valence-corrected chi connectivity index (χ4v) is 5.59. The van der Waals surface area contributed by atoms with Crippen LogP contribution in [0, 0.1) is 0 Å². The summed E-state index contributed by atoms with van der Waals surface area (Å²) in [5.41, 5.74) is 0. The molecule has 0 amide bonds. The molecule has 218 valence electrons. The number of hydrogen-bond acceptors (Lipinski definition) is 1. The minimum absolute atomic E-state index is 0.717. The predicted octanol–water partition coefficient (Wildman–Crippen LogP) is 12.7. The first-order chi connectivity index (χ1) is 17.8. The highest BCUT2D eigenvalue weighted by Crippen LogP contribution is 2.15. The van der Waals surface area contributed by atoms with Gasteiger partial charge in [-0.3, -0.25) is 0 Å². The van der Waals surface area contributed by atoms with Crippen molar-refractivity contribution in [2.24, 2.45) is 0 Å². The van der Waals surface area contributed by atoms with Crippen molar-refractivity contribution < 1.29 is 0 Å². The summed E-state index contributed by atoms with van der Waals surface area (Å²) in [6.07, 6.45) is 43.6. The molecule has 0 heterocycles. The molecule has 0 fully saturated rings. The molecule has 1 atom stereocenters. The van der Waals surface area contributed by atoms with E-state index in [1.807, 2.05) is 0 Å². The molecule has 1 N–H and O–H groups in total. The van der Waals surface area contributed by atoms with Gasteiger partial charge in [0.15, 0.2) is 0 Å². The van der Waals surface area contributed by atoms with E-state index in [9.17, 15) is 0 Å². The Kier molecular flexibility index (Phi) is 33.0. The van der Waals surface area contributed by atoms with Gasteiger partial charge in [-0.15, -0.1) is 0 Å². The summed E-state index contributed by atoms with van der Waals surface area (Å²) in [6, 6.07) is 0.717. The van der Waals surface area contributed by atoms with Crippen LogP contribution in [0.1, 0.15) is 213 Å². The molecule has 0 saturated heterocycles. The van der Waals surface area contributed by atoms with Crippen LogP contribution >= 0.6 is 0 Å². The van der Waals surface area contributed by atoms with Crippen molar-refractivity contribution in [3.63, 3.8) is 0 Å². The van der Waals surface area contributed by atoms with Crippen LogP contribution in [0.2, 0.25) is 0 Å². The van der Waals surface area contributed by atoms with E-state index in [4.69, 9.17) is 0 Å². The van der Waals surface area contributed by atoms with Gasteiger partial charge in [0, 0.05) is 6.04 Å². The molecule has 0 aliphatic heterocycles. The van der Waals surface area contributed by atoms with E-state index in [1.165, 1.54) is 199 Å². The molecule has 1 unspecified atom stereocenters. The number of unbranched alkanes of at least 4 members (excludes halogenated alkanes) is 27. The summed E-state index contributed by atoms with van der Waals surface area (Å²) in [5, 5.41) is 3.78. The van der Waals surface area contributed by atoms with Gasteiger partial charge in [-0.1, -0.05) is 194 Å². The van der Waals surface area contributed by atoms with Crippen LogP contribution in [-0.2, 0) is 0 Å². The SMILES string of the molecule is CCCCCCCCCCCCCCCCCCNC(C)CCCCCCCCCCCCCCC. The number of rotatable bonds is 32. The van der Waals surface area contributed by atoms with Crippen molar-refractivity contribution in [2.75, 3.05) is 6.54 Å². The lowest BCUT2D eigenvalue weighted by molar-refractivity contribution is 0.462. The first kappa shape index (κ1) is 36.0. The average Bonchev–Trinajstić information content (AvgIpc) is 2.88. The number of nitrogens with one attached hydrogen (secondary N) is 1. The largest absolute Gasteiger partial charge is 0.314 e. The van der Waals surface area contributed by atoms with Crippen molar-refractivity contribution in [1.29, 1.82) is 0 Å². The second kappa shape index (κ2) is 33.0. The first-order valence-corrected chi connectivity index (χ1v) is 17.5. The molecular weight excluding hydrogens is 434 g/mol. The van der Waals surface area contributed by atoms with E-state index in [0.29, 0.717) is 6.04 Å². The highest BCUT2D eigenvalue weighted by atomic mass is 14.9. The Morgan fingerprint density at radius 2 is 0.583 bits per heavy atom. The molecule has 0 aromatic rings. The molecule has 0 saturated carbocycles. The van der Waals surface area contributed by atoms with E-state index in [0.717, 1.165) is 0 Å². The summed E-state index contributed by atoms with van der Waals surface area (Å²) in [7, 11) is 0. The topological polar surface area (TPSA) is 12.0 Å². The Bertz CT molecular complexity index is 366. The molecule has 36 heavy (non-hydrogen) atoms. The lowest BCUT2D eigenvalue weighted by Gasteiger charge is -2.13. The van der Waals surface area contributed by atoms with Crippen LogP contribution in [0.25, 0.3) is 0 Å². The maximum Gasteiger partial charge on any atom is 0.00387 e. The molecular formula is C35H73N. The van der Waals surface area contributed by atoms with Gasteiger partial charge in [0.1, 0.15) is 0 Å². The standard InChI is InChI=1S/C35H73N/c1-4-6-8-10-12-14-16-18-19-20-22-24-26-28-30-32-34-36-35(3)33-31-29-27-25-23-21-17-15-13-11-9-7-5-2/h35-36H,4-34H2,1-3H3. The zero-order valence-electron chi connectivity index (χ0n) is 26.0. The first-order valence-electron chi connectivity index (χ1n) is 17.5. The lowest BCUT2D eigenvalue weighted by atomic mass is 10.0. The third kappa shape index (κ3) is 32.0. The van der Waals surface area contributed by atoms with Gasteiger partial charge in [0.2, 0.25) is 0 Å². The molecule has 1 nitrogen and oxygen atoms in total. The van der Waals surface area contributed by atoms with E-state index in [1.54, 1.807) is 0 Å². The summed E-state index contributed by atoms with van der Waals surface area (Å²) < 4.78 is 0. The fraction of sp³-hybridized carbons (Fsp3) is 1.00. The van der Waals surface area contributed by atoms with Crippen LogP contribution < -0.4 is 5.32 Å². The second-order valence-corrected chi connectivity index (χ2v) is 12.2. The highest BCUT2D eigenvalue weighted by molar-refractivity contribution is 4.61. The van der Waals surface area contributed by atoms with Gasteiger partial charge in [-0.2, -0.15) is 0 Å². The molecule has 0 aromatic heterocycles.